The van der Waals surface area contributed by atoms with E-state index >= 15 is 0 Å². The number of rotatable bonds is 12. The summed E-state index contributed by atoms with van der Waals surface area (Å²) >= 11 is 3.92. The molecule has 0 rings (SSSR count). The van der Waals surface area contributed by atoms with E-state index in [9.17, 15) is 29.1 Å². The van der Waals surface area contributed by atoms with Gasteiger partial charge in [-0.2, -0.15) is 12.6 Å². The Hall–Kier alpha value is -2.34. The minimum absolute atomic E-state index is 0.121. The van der Waals surface area contributed by atoms with Crippen LogP contribution in [0.25, 0.3) is 0 Å². The Balaban J connectivity index is 5.27. The van der Waals surface area contributed by atoms with Crippen LogP contribution in [-0.4, -0.2) is 70.3 Å². The van der Waals surface area contributed by atoms with Crippen molar-refractivity contribution in [3.05, 3.63) is 0 Å². The molecule has 12 heteroatoms. The van der Waals surface area contributed by atoms with Gasteiger partial charge in [0.05, 0.1) is 13.0 Å². The Morgan fingerprint density at radius 1 is 1.00 bits per heavy atom. The van der Waals surface area contributed by atoms with Gasteiger partial charge in [0, 0.05) is 5.75 Å². The van der Waals surface area contributed by atoms with Crippen LogP contribution in [0.4, 0.5) is 0 Å². The number of carboxylic acid groups (broad SMARTS) is 2. The minimum Gasteiger partial charge on any atom is -0.481 e. The van der Waals surface area contributed by atoms with E-state index < -0.39 is 60.1 Å². The van der Waals surface area contributed by atoms with Crippen LogP contribution >= 0.6 is 12.6 Å². The molecular weight excluding hydrogens is 380 g/mol. The number of carboxylic acids is 2. The largest absolute Gasteiger partial charge is 0.481 e. The zero-order chi connectivity index (χ0) is 21.1. The first-order valence-corrected chi connectivity index (χ1v) is 8.86. The van der Waals surface area contributed by atoms with Crippen LogP contribution < -0.4 is 21.7 Å². The lowest BCUT2D eigenvalue weighted by atomic mass is 9.98. The molecule has 27 heavy (non-hydrogen) atoms. The number of thiol groups is 1. The maximum atomic E-state index is 12.4. The lowest BCUT2D eigenvalue weighted by Crippen LogP contribution is -2.57. The first-order valence-electron chi connectivity index (χ1n) is 8.22. The van der Waals surface area contributed by atoms with Crippen LogP contribution in [0.5, 0.6) is 0 Å². The highest BCUT2D eigenvalue weighted by Gasteiger charge is 2.32. The SMILES string of the molecule is CCC(C)C(NC(=O)C(CC(=O)O)NC(=O)C(CS)NC(=O)CN)C(=O)O. The number of aliphatic carboxylic acids is 2. The van der Waals surface area contributed by atoms with E-state index in [4.69, 9.17) is 10.8 Å². The lowest BCUT2D eigenvalue weighted by Gasteiger charge is -2.25. The van der Waals surface area contributed by atoms with Gasteiger partial charge in [0.1, 0.15) is 18.1 Å². The number of carbonyl (C=O) groups is 5. The van der Waals surface area contributed by atoms with Gasteiger partial charge in [-0.1, -0.05) is 20.3 Å². The minimum atomic E-state index is -1.53. The quantitative estimate of drug-likeness (QED) is 0.180. The van der Waals surface area contributed by atoms with Crippen LogP contribution in [0.1, 0.15) is 26.7 Å². The zero-order valence-electron chi connectivity index (χ0n) is 15.1. The normalized spacial score (nSPS) is 15.0. The molecule has 0 aliphatic heterocycles. The summed E-state index contributed by atoms with van der Waals surface area (Å²) < 4.78 is 0. The highest BCUT2D eigenvalue weighted by atomic mass is 32.1. The third-order valence-electron chi connectivity index (χ3n) is 3.81. The molecule has 154 valence electrons. The molecule has 0 aromatic heterocycles. The van der Waals surface area contributed by atoms with Gasteiger partial charge in [0.15, 0.2) is 0 Å². The summed E-state index contributed by atoms with van der Waals surface area (Å²) in [6, 6.07) is -3.91. The standard InChI is InChI=1S/C15H26N4O7S/c1-3-7(2)12(15(25)26)19-13(23)8(4-11(21)22)18-14(24)9(6-27)17-10(20)5-16/h7-9,12,27H,3-6,16H2,1-2H3,(H,17,20)(H,18,24)(H,19,23)(H,21,22)(H,25,26). The molecule has 7 N–H and O–H groups in total. The fourth-order valence-corrected chi connectivity index (χ4v) is 2.30. The van der Waals surface area contributed by atoms with E-state index in [1.807, 2.05) is 0 Å². The van der Waals surface area contributed by atoms with Crippen molar-refractivity contribution in [2.45, 2.75) is 44.8 Å². The molecule has 4 unspecified atom stereocenters. The average molecular weight is 406 g/mol. The number of hydrogen-bond donors (Lipinski definition) is 7. The number of carbonyl (C=O) groups excluding carboxylic acids is 3. The molecule has 0 aliphatic carbocycles. The fraction of sp³-hybridized carbons (Fsp3) is 0.667. The molecule has 0 saturated heterocycles. The van der Waals surface area contributed by atoms with Crippen molar-refractivity contribution in [1.82, 2.24) is 16.0 Å². The molecule has 0 aromatic rings. The number of nitrogens with one attached hydrogen (secondary N) is 3. The molecule has 0 fully saturated rings. The van der Waals surface area contributed by atoms with Crippen molar-refractivity contribution in [2.75, 3.05) is 12.3 Å². The predicted molar refractivity (Wildman–Crippen MR) is 98.0 cm³/mol. The van der Waals surface area contributed by atoms with E-state index in [2.05, 4.69) is 28.6 Å². The van der Waals surface area contributed by atoms with E-state index in [-0.39, 0.29) is 12.3 Å². The highest BCUT2D eigenvalue weighted by molar-refractivity contribution is 7.80. The predicted octanol–water partition coefficient (Wildman–Crippen LogP) is -2.07. The van der Waals surface area contributed by atoms with E-state index in [1.54, 1.807) is 13.8 Å². The smallest absolute Gasteiger partial charge is 0.326 e. The number of amides is 3. The van der Waals surface area contributed by atoms with Crippen molar-refractivity contribution in [2.24, 2.45) is 11.7 Å². The molecule has 0 aromatic carbocycles. The van der Waals surface area contributed by atoms with E-state index in [0.717, 1.165) is 0 Å². The van der Waals surface area contributed by atoms with Gasteiger partial charge in [0.2, 0.25) is 17.7 Å². The second-order valence-corrected chi connectivity index (χ2v) is 6.24. The van der Waals surface area contributed by atoms with E-state index in [1.165, 1.54) is 0 Å². The molecule has 0 radical (unpaired) electrons. The first kappa shape index (κ1) is 24.7. The zero-order valence-corrected chi connectivity index (χ0v) is 16.0. The number of hydrogen-bond acceptors (Lipinski definition) is 7. The number of nitrogens with two attached hydrogens (primary N) is 1. The first-order chi connectivity index (χ1) is 12.6. The average Bonchev–Trinajstić information content (AvgIpc) is 2.61. The summed E-state index contributed by atoms with van der Waals surface area (Å²) in [5.74, 6) is -5.62. The van der Waals surface area contributed by atoms with Gasteiger partial charge in [-0.15, -0.1) is 0 Å². The van der Waals surface area contributed by atoms with Gasteiger partial charge < -0.3 is 31.9 Å². The third-order valence-corrected chi connectivity index (χ3v) is 4.17. The molecule has 0 heterocycles. The summed E-state index contributed by atoms with van der Waals surface area (Å²) in [6.45, 7) is 2.98. The Labute approximate surface area is 161 Å². The van der Waals surface area contributed by atoms with Crippen LogP contribution in [0.15, 0.2) is 0 Å². The van der Waals surface area contributed by atoms with Crippen molar-refractivity contribution < 1.29 is 34.2 Å². The van der Waals surface area contributed by atoms with Crippen LogP contribution in [0.3, 0.4) is 0 Å². The monoisotopic (exact) mass is 406 g/mol. The van der Waals surface area contributed by atoms with Crippen molar-refractivity contribution in [3.63, 3.8) is 0 Å². The lowest BCUT2D eigenvalue weighted by molar-refractivity contribution is -0.144. The summed E-state index contributed by atoms with van der Waals surface area (Å²) in [7, 11) is 0. The van der Waals surface area contributed by atoms with Crippen molar-refractivity contribution in [3.8, 4) is 0 Å². The fourth-order valence-electron chi connectivity index (χ4n) is 2.04. The Kier molecular flexibility index (Phi) is 11.1. The molecule has 0 aliphatic rings. The summed E-state index contributed by atoms with van der Waals surface area (Å²) in [5.41, 5.74) is 5.15. The second kappa shape index (κ2) is 12.1. The Morgan fingerprint density at radius 3 is 1.96 bits per heavy atom. The second-order valence-electron chi connectivity index (χ2n) is 5.88. The summed E-state index contributed by atoms with van der Waals surface area (Å²) in [5, 5.41) is 24.9. The van der Waals surface area contributed by atoms with Crippen LogP contribution in [0, 0.1) is 5.92 Å². The molecule has 0 bridgehead atoms. The molecular formula is C15H26N4O7S. The van der Waals surface area contributed by atoms with Crippen molar-refractivity contribution >= 4 is 42.3 Å². The topological polar surface area (TPSA) is 188 Å². The van der Waals surface area contributed by atoms with Gasteiger partial charge in [0.25, 0.3) is 0 Å². The van der Waals surface area contributed by atoms with Gasteiger partial charge >= 0.3 is 11.9 Å². The van der Waals surface area contributed by atoms with Gasteiger partial charge in [-0.25, -0.2) is 4.79 Å². The molecule has 11 nitrogen and oxygen atoms in total. The molecule has 0 spiro atoms. The van der Waals surface area contributed by atoms with Crippen LogP contribution in [-0.2, 0) is 24.0 Å². The summed E-state index contributed by atoms with van der Waals surface area (Å²) in [4.78, 5) is 58.3. The molecule has 0 saturated carbocycles. The maximum absolute atomic E-state index is 12.4. The van der Waals surface area contributed by atoms with E-state index in [0.29, 0.717) is 6.42 Å². The van der Waals surface area contributed by atoms with Crippen molar-refractivity contribution in [1.29, 1.82) is 0 Å². The Morgan fingerprint density at radius 2 is 1.56 bits per heavy atom. The Bertz CT molecular complexity index is 572. The maximum Gasteiger partial charge on any atom is 0.326 e. The third kappa shape index (κ3) is 8.73. The molecule has 3 amide bonds. The van der Waals surface area contributed by atoms with Gasteiger partial charge in [-0.05, 0) is 5.92 Å². The van der Waals surface area contributed by atoms with Crippen LogP contribution in [0.2, 0.25) is 0 Å². The highest BCUT2D eigenvalue weighted by Crippen LogP contribution is 2.09. The summed E-state index contributed by atoms with van der Waals surface area (Å²) in [6.07, 6.45) is -0.311. The van der Waals surface area contributed by atoms with Gasteiger partial charge in [-0.3, -0.25) is 19.2 Å². The molecule has 4 atom stereocenters.